The van der Waals surface area contributed by atoms with Crippen molar-refractivity contribution in [2.24, 2.45) is 0 Å². The van der Waals surface area contributed by atoms with E-state index in [-0.39, 0.29) is 24.0 Å². The van der Waals surface area contributed by atoms with Crippen molar-refractivity contribution < 1.29 is 14.0 Å². The van der Waals surface area contributed by atoms with Gasteiger partial charge in [-0.15, -0.1) is 0 Å². The van der Waals surface area contributed by atoms with Gasteiger partial charge in [0.25, 0.3) is 5.91 Å². The number of rotatable bonds is 3. The summed E-state index contributed by atoms with van der Waals surface area (Å²) in [5.41, 5.74) is 1.43. The fraction of sp³-hybridized carbons (Fsp3) is 0.200. The SMILES string of the molecule is CC1(C)Nc2ccccc2N(CC(=O)c2cc3ccccc3o2)C1=O. The van der Waals surface area contributed by atoms with E-state index in [1.807, 2.05) is 62.4 Å². The molecule has 0 unspecified atom stereocenters. The molecule has 1 aliphatic rings. The van der Waals surface area contributed by atoms with Crippen molar-refractivity contribution >= 4 is 34.0 Å². The van der Waals surface area contributed by atoms with Crippen molar-refractivity contribution in [3.05, 3.63) is 60.4 Å². The molecular weight excluding hydrogens is 316 g/mol. The highest BCUT2D eigenvalue weighted by molar-refractivity contribution is 6.12. The van der Waals surface area contributed by atoms with Crippen LogP contribution >= 0.6 is 0 Å². The number of nitrogens with zero attached hydrogens (tertiary/aromatic N) is 1. The standard InChI is InChI=1S/C20H18N2O3/c1-20(2)19(24)22(15-9-5-4-8-14(15)21-20)12-16(23)18-11-13-7-3-6-10-17(13)25-18/h3-11,21H,12H2,1-2H3. The van der Waals surface area contributed by atoms with Crippen LogP contribution in [0.5, 0.6) is 0 Å². The lowest BCUT2D eigenvalue weighted by Gasteiger charge is -2.39. The number of carbonyl (C=O) groups is 2. The molecule has 25 heavy (non-hydrogen) atoms. The summed E-state index contributed by atoms with van der Waals surface area (Å²) in [5, 5.41) is 4.10. The molecule has 0 spiro atoms. The minimum Gasteiger partial charge on any atom is -0.453 e. The maximum Gasteiger partial charge on any atom is 0.252 e. The Labute approximate surface area is 145 Å². The number of benzene rings is 2. The van der Waals surface area contributed by atoms with Gasteiger partial charge in [0, 0.05) is 5.39 Å². The van der Waals surface area contributed by atoms with Gasteiger partial charge in [0.1, 0.15) is 11.1 Å². The Bertz CT molecular complexity index is 954. The van der Waals surface area contributed by atoms with Gasteiger partial charge in [-0.05, 0) is 38.1 Å². The second kappa shape index (κ2) is 5.48. The molecule has 1 N–H and O–H groups in total. The van der Waals surface area contributed by atoms with E-state index >= 15 is 0 Å². The zero-order valence-electron chi connectivity index (χ0n) is 14.1. The van der Waals surface area contributed by atoms with Crippen LogP contribution in [0.15, 0.2) is 59.0 Å². The average molecular weight is 334 g/mol. The van der Waals surface area contributed by atoms with Gasteiger partial charge >= 0.3 is 0 Å². The summed E-state index contributed by atoms with van der Waals surface area (Å²) in [6.07, 6.45) is 0. The Morgan fingerprint density at radius 3 is 2.64 bits per heavy atom. The highest BCUT2D eigenvalue weighted by Gasteiger charge is 2.39. The summed E-state index contributed by atoms with van der Waals surface area (Å²) in [4.78, 5) is 27.1. The zero-order valence-corrected chi connectivity index (χ0v) is 14.1. The van der Waals surface area contributed by atoms with Crippen LogP contribution in [-0.2, 0) is 4.79 Å². The molecule has 0 saturated heterocycles. The first kappa shape index (κ1) is 15.4. The van der Waals surface area contributed by atoms with Gasteiger partial charge in [-0.2, -0.15) is 0 Å². The lowest BCUT2D eigenvalue weighted by molar-refractivity contribution is -0.122. The number of Topliss-reactive ketones (excluding diaryl/α,β-unsaturated/α-hetero) is 1. The second-order valence-electron chi connectivity index (χ2n) is 6.73. The highest BCUT2D eigenvalue weighted by Crippen LogP contribution is 2.35. The number of amides is 1. The first-order valence-electron chi connectivity index (χ1n) is 8.17. The van der Waals surface area contributed by atoms with Crippen molar-refractivity contribution in [3.8, 4) is 0 Å². The van der Waals surface area contributed by atoms with Crippen LogP contribution in [-0.4, -0.2) is 23.8 Å². The maximum atomic E-state index is 12.8. The summed E-state index contributed by atoms with van der Waals surface area (Å²) >= 11 is 0. The summed E-state index contributed by atoms with van der Waals surface area (Å²) in [5.74, 6) is -0.101. The van der Waals surface area contributed by atoms with Crippen molar-refractivity contribution in [1.82, 2.24) is 0 Å². The Hall–Kier alpha value is -3.08. The third-order valence-corrected chi connectivity index (χ3v) is 4.42. The molecule has 0 radical (unpaired) electrons. The van der Waals surface area contributed by atoms with Crippen molar-refractivity contribution in [3.63, 3.8) is 0 Å². The van der Waals surface area contributed by atoms with Crippen molar-refractivity contribution in [2.45, 2.75) is 19.4 Å². The van der Waals surface area contributed by atoms with Gasteiger partial charge in [-0.1, -0.05) is 30.3 Å². The van der Waals surface area contributed by atoms with Crippen molar-refractivity contribution in [1.29, 1.82) is 0 Å². The molecule has 2 aromatic carbocycles. The quantitative estimate of drug-likeness (QED) is 0.739. The van der Waals surface area contributed by atoms with Gasteiger partial charge in [0.2, 0.25) is 5.78 Å². The first-order valence-corrected chi connectivity index (χ1v) is 8.17. The van der Waals surface area contributed by atoms with Crippen LogP contribution in [0.3, 0.4) is 0 Å². The molecule has 5 nitrogen and oxygen atoms in total. The van der Waals surface area contributed by atoms with Crippen LogP contribution in [0, 0.1) is 0 Å². The molecule has 2 heterocycles. The molecule has 3 aromatic rings. The lowest BCUT2D eigenvalue weighted by Crippen LogP contribution is -2.55. The molecule has 0 saturated carbocycles. The monoisotopic (exact) mass is 334 g/mol. The van der Waals surface area contributed by atoms with Gasteiger partial charge in [-0.3, -0.25) is 9.59 Å². The van der Waals surface area contributed by atoms with Crippen LogP contribution < -0.4 is 10.2 Å². The van der Waals surface area contributed by atoms with Crippen LogP contribution in [0.4, 0.5) is 11.4 Å². The molecule has 1 aromatic heterocycles. The molecule has 1 amide bonds. The average Bonchev–Trinajstić information content (AvgIpc) is 3.03. The molecule has 0 fully saturated rings. The summed E-state index contributed by atoms with van der Waals surface area (Å²) in [6.45, 7) is 3.56. The van der Waals surface area contributed by atoms with E-state index < -0.39 is 5.54 Å². The zero-order chi connectivity index (χ0) is 17.6. The highest BCUT2D eigenvalue weighted by atomic mass is 16.3. The lowest BCUT2D eigenvalue weighted by atomic mass is 9.97. The summed E-state index contributed by atoms with van der Waals surface area (Å²) in [6, 6.07) is 16.7. The maximum absolute atomic E-state index is 12.8. The van der Waals surface area contributed by atoms with Crippen LogP contribution in [0.2, 0.25) is 0 Å². The molecule has 126 valence electrons. The van der Waals surface area contributed by atoms with E-state index in [4.69, 9.17) is 4.42 Å². The molecule has 0 atom stereocenters. The largest absolute Gasteiger partial charge is 0.453 e. The Balaban J connectivity index is 1.69. The topological polar surface area (TPSA) is 62.6 Å². The first-order chi connectivity index (χ1) is 12.0. The number of hydrogen-bond donors (Lipinski definition) is 1. The number of hydrogen-bond acceptors (Lipinski definition) is 4. The number of fused-ring (bicyclic) bond motifs is 2. The van der Waals surface area contributed by atoms with E-state index in [1.54, 1.807) is 6.07 Å². The fourth-order valence-electron chi connectivity index (χ4n) is 3.15. The second-order valence-corrected chi connectivity index (χ2v) is 6.73. The van der Waals surface area contributed by atoms with Gasteiger partial charge in [0.05, 0.1) is 17.9 Å². The number of nitrogens with one attached hydrogen (secondary N) is 1. The minimum atomic E-state index is -0.775. The Morgan fingerprint density at radius 2 is 1.84 bits per heavy atom. The summed E-state index contributed by atoms with van der Waals surface area (Å²) in [7, 11) is 0. The van der Waals surface area contributed by atoms with Gasteiger partial charge in [0.15, 0.2) is 5.76 Å². The van der Waals surface area contributed by atoms with E-state index in [0.717, 1.165) is 11.1 Å². The predicted octanol–water partition coefficient (Wildman–Crippen LogP) is 3.85. The van der Waals surface area contributed by atoms with Crippen LogP contribution in [0.1, 0.15) is 24.4 Å². The number of anilines is 2. The van der Waals surface area contributed by atoms with E-state index in [0.29, 0.717) is 11.3 Å². The van der Waals surface area contributed by atoms with E-state index in [1.165, 1.54) is 4.90 Å². The van der Waals surface area contributed by atoms with E-state index in [9.17, 15) is 9.59 Å². The predicted molar refractivity (Wildman–Crippen MR) is 97.0 cm³/mol. The Morgan fingerprint density at radius 1 is 1.12 bits per heavy atom. The molecule has 0 aliphatic carbocycles. The van der Waals surface area contributed by atoms with Crippen LogP contribution in [0.25, 0.3) is 11.0 Å². The molecule has 1 aliphatic heterocycles. The van der Waals surface area contributed by atoms with Gasteiger partial charge < -0.3 is 14.6 Å². The Kier molecular flexibility index (Phi) is 3.39. The fourth-order valence-corrected chi connectivity index (χ4v) is 3.15. The minimum absolute atomic E-state index is 0.0548. The summed E-state index contributed by atoms with van der Waals surface area (Å²) < 4.78 is 5.64. The van der Waals surface area contributed by atoms with E-state index in [2.05, 4.69) is 5.32 Å². The third kappa shape index (κ3) is 2.58. The normalized spacial score (nSPS) is 15.8. The number of carbonyl (C=O) groups excluding carboxylic acids is 2. The molecule has 0 bridgehead atoms. The number of furan rings is 1. The molecular formula is C20H18N2O3. The number of ketones is 1. The number of para-hydroxylation sites is 3. The van der Waals surface area contributed by atoms with Crippen molar-refractivity contribution in [2.75, 3.05) is 16.8 Å². The smallest absolute Gasteiger partial charge is 0.252 e. The molecule has 5 heteroatoms. The molecule has 4 rings (SSSR count). The third-order valence-electron chi connectivity index (χ3n) is 4.42. The van der Waals surface area contributed by atoms with Gasteiger partial charge in [-0.25, -0.2) is 0 Å².